The van der Waals surface area contributed by atoms with Crippen molar-refractivity contribution in [3.8, 4) is 6.07 Å². The Morgan fingerprint density at radius 2 is 2.05 bits per heavy atom. The third-order valence-electron chi connectivity index (χ3n) is 2.86. The highest BCUT2D eigenvalue weighted by atomic mass is 16.1. The van der Waals surface area contributed by atoms with Crippen molar-refractivity contribution in [2.75, 3.05) is 0 Å². The number of carbonyl (C=O) groups is 1. The van der Waals surface area contributed by atoms with E-state index >= 15 is 0 Å². The van der Waals surface area contributed by atoms with E-state index in [2.05, 4.69) is 10.3 Å². The third kappa shape index (κ3) is 3.17. The number of aryl methyl sites for hydroxylation is 1. The summed E-state index contributed by atoms with van der Waals surface area (Å²) in [5, 5.41) is 11.5. The SMILES string of the molecule is Cc1ccncc1CNC(=O)c1ccc(C#N)cc1. The van der Waals surface area contributed by atoms with Crippen molar-refractivity contribution in [1.29, 1.82) is 5.26 Å². The zero-order chi connectivity index (χ0) is 13.7. The van der Waals surface area contributed by atoms with Gasteiger partial charge in [-0.25, -0.2) is 0 Å². The van der Waals surface area contributed by atoms with Gasteiger partial charge in [-0.15, -0.1) is 0 Å². The van der Waals surface area contributed by atoms with Crippen LogP contribution >= 0.6 is 0 Å². The standard InChI is InChI=1S/C15H13N3O/c1-11-6-7-17-9-14(11)10-18-15(19)13-4-2-12(8-16)3-5-13/h2-7,9H,10H2,1H3,(H,18,19). The first kappa shape index (κ1) is 12.8. The largest absolute Gasteiger partial charge is 0.348 e. The molecule has 0 unspecified atom stereocenters. The molecule has 19 heavy (non-hydrogen) atoms. The predicted molar refractivity (Wildman–Crippen MR) is 71.3 cm³/mol. The second kappa shape index (κ2) is 5.78. The molecule has 1 heterocycles. The molecule has 94 valence electrons. The highest BCUT2D eigenvalue weighted by Crippen LogP contribution is 2.06. The Morgan fingerprint density at radius 3 is 2.68 bits per heavy atom. The Labute approximate surface area is 111 Å². The van der Waals surface area contributed by atoms with E-state index in [9.17, 15) is 4.79 Å². The number of pyridine rings is 1. The second-order valence-corrected chi connectivity index (χ2v) is 4.17. The number of nitrogens with zero attached hydrogens (tertiary/aromatic N) is 2. The quantitative estimate of drug-likeness (QED) is 0.909. The van der Waals surface area contributed by atoms with Crippen LogP contribution < -0.4 is 5.32 Å². The number of hydrogen-bond donors (Lipinski definition) is 1. The zero-order valence-electron chi connectivity index (χ0n) is 10.6. The molecule has 0 spiro atoms. The molecule has 0 fully saturated rings. The maximum Gasteiger partial charge on any atom is 0.251 e. The lowest BCUT2D eigenvalue weighted by atomic mass is 10.1. The monoisotopic (exact) mass is 251 g/mol. The summed E-state index contributed by atoms with van der Waals surface area (Å²) in [6, 6.07) is 10.5. The molecule has 4 heteroatoms. The molecule has 0 saturated carbocycles. The summed E-state index contributed by atoms with van der Waals surface area (Å²) in [5.41, 5.74) is 3.17. The van der Waals surface area contributed by atoms with Gasteiger partial charge in [0.1, 0.15) is 0 Å². The molecule has 0 aliphatic carbocycles. The first-order valence-electron chi connectivity index (χ1n) is 5.88. The highest BCUT2D eigenvalue weighted by molar-refractivity contribution is 5.94. The number of benzene rings is 1. The summed E-state index contributed by atoms with van der Waals surface area (Å²) in [4.78, 5) is 15.9. The molecule has 0 aliphatic heterocycles. The molecule has 1 aromatic heterocycles. The number of hydrogen-bond acceptors (Lipinski definition) is 3. The number of aromatic nitrogens is 1. The highest BCUT2D eigenvalue weighted by Gasteiger charge is 2.06. The lowest BCUT2D eigenvalue weighted by Gasteiger charge is -2.07. The van der Waals surface area contributed by atoms with Gasteiger partial charge in [-0.05, 0) is 48.4 Å². The smallest absolute Gasteiger partial charge is 0.251 e. The van der Waals surface area contributed by atoms with Crippen molar-refractivity contribution in [3.63, 3.8) is 0 Å². The first-order valence-corrected chi connectivity index (χ1v) is 5.88. The van der Waals surface area contributed by atoms with Gasteiger partial charge in [-0.2, -0.15) is 5.26 Å². The fourth-order valence-electron chi connectivity index (χ4n) is 1.66. The Hall–Kier alpha value is -2.67. The topological polar surface area (TPSA) is 65.8 Å². The molecule has 0 aliphatic rings. The second-order valence-electron chi connectivity index (χ2n) is 4.17. The average Bonchev–Trinajstić information content (AvgIpc) is 2.46. The molecule has 1 amide bonds. The summed E-state index contributed by atoms with van der Waals surface area (Å²) in [6.45, 7) is 2.42. The lowest BCUT2D eigenvalue weighted by molar-refractivity contribution is 0.0951. The maximum atomic E-state index is 11.9. The van der Waals surface area contributed by atoms with Crippen molar-refractivity contribution in [1.82, 2.24) is 10.3 Å². The molecule has 1 N–H and O–H groups in total. The summed E-state index contributed by atoms with van der Waals surface area (Å²) < 4.78 is 0. The van der Waals surface area contributed by atoms with Crippen LogP contribution in [0.1, 0.15) is 27.0 Å². The third-order valence-corrected chi connectivity index (χ3v) is 2.86. The molecule has 2 aromatic rings. The minimum Gasteiger partial charge on any atom is -0.348 e. The molecule has 0 radical (unpaired) electrons. The Balaban J connectivity index is 2.02. The van der Waals surface area contributed by atoms with Crippen LogP contribution in [-0.4, -0.2) is 10.9 Å². The molecular formula is C15H13N3O. The van der Waals surface area contributed by atoms with E-state index in [0.29, 0.717) is 17.7 Å². The molecule has 1 aromatic carbocycles. The Morgan fingerprint density at radius 1 is 1.32 bits per heavy atom. The maximum absolute atomic E-state index is 11.9. The minimum absolute atomic E-state index is 0.159. The predicted octanol–water partition coefficient (Wildman–Crippen LogP) is 2.19. The lowest BCUT2D eigenvalue weighted by Crippen LogP contribution is -2.23. The van der Waals surface area contributed by atoms with Gasteiger partial charge in [-0.3, -0.25) is 9.78 Å². The van der Waals surface area contributed by atoms with Gasteiger partial charge in [0.25, 0.3) is 5.91 Å². The number of carbonyl (C=O) groups excluding carboxylic acids is 1. The van der Waals surface area contributed by atoms with Crippen LogP contribution in [0.2, 0.25) is 0 Å². The van der Waals surface area contributed by atoms with Gasteiger partial charge in [-0.1, -0.05) is 0 Å². The van der Waals surface area contributed by atoms with Gasteiger partial charge in [0.2, 0.25) is 0 Å². The van der Waals surface area contributed by atoms with E-state index in [-0.39, 0.29) is 5.91 Å². The van der Waals surface area contributed by atoms with Gasteiger partial charge in [0, 0.05) is 24.5 Å². The number of rotatable bonds is 3. The van der Waals surface area contributed by atoms with Crippen molar-refractivity contribution >= 4 is 5.91 Å². The van der Waals surface area contributed by atoms with E-state index in [0.717, 1.165) is 11.1 Å². The Kier molecular flexibility index (Phi) is 3.89. The van der Waals surface area contributed by atoms with Gasteiger partial charge in [0.05, 0.1) is 11.6 Å². The molecular weight excluding hydrogens is 238 g/mol. The van der Waals surface area contributed by atoms with Crippen molar-refractivity contribution in [2.24, 2.45) is 0 Å². The van der Waals surface area contributed by atoms with Crippen LogP contribution in [0.5, 0.6) is 0 Å². The van der Waals surface area contributed by atoms with E-state index in [1.165, 1.54) is 0 Å². The van der Waals surface area contributed by atoms with Crippen LogP contribution in [0, 0.1) is 18.3 Å². The van der Waals surface area contributed by atoms with Crippen LogP contribution in [0.25, 0.3) is 0 Å². The van der Waals surface area contributed by atoms with Gasteiger partial charge in [0.15, 0.2) is 0 Å². The van der Waals surface area contributed by atoms with E-state index < -0.39 is 0 Å². The summed E-state index contributed by atoms with van der Waals surface area (Å²) in [5.74, 6) is -0.159. The fraction of sp³-hybridized carbons (Fsp3) is 0.133. The van der Waals surface area contributed by atoms with Crippen LogP contribution in [-0.2, 0) is 6.54 Å². The molecule has 0 bridgehead atoms. The molecule has 2 rings (SSSR count). The number of nitriles is 1. The molecule has 0 atom stereocenters. The normalized spacial score (nSPS) is 9.68. The van der Waals surface area contributed by atoms with Gasteiger partial charge >= 0.3 is 0 Å². The minimum atomic E-state index is -0.159. The number of amides is 1. The summed E-state index contributed by atoms with van der Waals surface area (Å²) in [6.07, 6.45) is 3.47. The van der Waals surface area contributed by atoms with E-state index in [4.69, 9.17) is 5.26 Å². The average molecular weight is 251 g/mol. The van der Waals surface area contributed by atoms with Crippen molar-refractivity contribution < 1.29 is 4.79 Å². The van der Waals surface area contributed by atoms with Crippen LogP contribution in [0.3, 0.4) is 0 Å². The van der Waals surface area contributed by atoms with Crippen molar-refractivity contribution in [3.05, 3.63) is 65.0 Å². The summed E-state index contributed by atoms with van der Waals surface area (Å²) in [7, 11) is 0. The van der Waals surface area contributed by atoms with E-state index in [1.54, 1.807) is 36.7 Å². The van der Waals surface area contributed by atoms with Gasteiger partial charge < -0.3 is 5.32 Å². The fourth-order valence-corrected chi connectivity index (χ4v) is 1.66. The van der Waals surface area contributed by atoms with Crippen LogP contribution in [0.15, 0.2) is 42.7 Å². The molecule has 4 nitrogen and oxygen atoms in total. The first-order chi connectivity index (χ1) is 9.20. The number of nitrogens with one attached hydrogen (secondary N) is 1. The summed E-state index contributed by atoms with van der Waals surface area (Å²) >= 11 is 0. The van der Waals surface area contributed by atoms with Crippen molar-refractivity contribution in [2.45, 2.75) is 13.5 Å². The zero-order valence-corrected chi connectivity index (χ0v) is 10.6. The molecule has 0 saturated heterocycles. The Bertz CT molecular complexity index is 627. The van der Waals surface area contributed by atoms with Crippen LogP contribution in [0.4, 0.5) is 0 Å². The van der Waals surface area contributed by atoms with E-state index in [1.807, 2.05) is 19.1 Å².